The normalized spacial score (nSPS) is 11.3. The fraction of sp³-hybridized carbons (Fsp3) is 0.438. The van der Waals surface area contributed by atoms with Crippen molar-refractivity contribution in [3.8, 4) is 17.2 Å². The van der Waals surface area contributed by atoms with E-state index in [0.717, 1.165) is 16.5 Å². The van der Waals surface area contributed by atoms with Crippen LogP contribution in [-0.4, -0.2) is 48.7 Å². The van der Waals surface area contributed by atoms with Crippen LogP contribution in [0.3, 0.4) is 0 Å². The van der Waals surface area contributed by atoms with Gasteiger partial charge < -0.3 is 14.2 Å². The van der Waals surface area contributed by atoms with Crippen LogP contribution in [0, 0.1) is 0 Å². The summed E-state index contributed by atoms with van der Waals surface area (Å²) in [5.41, 5.74) is 0.769. The van der Waals surface area contributed by atoms with Crippen LogP contribution < -0.4 is 14.2 Å². The number of rotatable bonds is 7. The van der Waals surface area contributed by atoms with Gasteiger partial charge in [0.2, 0.25) is 5.16 Å². The van der Waals surface area contributed by atoms with Gasteiger partial charge in [-0.3, -0.25) is 0 Å². The number of thioether (sulfide) groups is 1. The molecule has 0 amide bonds. The molecule has 0 aliphatic heterocycles. The molecule has 8 heteroatoms. The first-order chi connectivity index (χ1) is 11.5. The van der Waals surface area contributed by atoms with Crippen molar-refractivity contribution < 1.29 is 14.2 Å². The van der Waals surface area contributed by atoms with Crippen molar-refractivity contribution in [3.05, 3.63) is 23.5 Å². The molecular weight excluding hydrogens is 328 g/mol. The number of ether oxygens (including phenoxy) is 3. The van der Waals surface area contributed by atoms with Gasteiger partial charge in [-0.2, -0.15) is 9.78 Å². The van der Waals surface area contributed by atoms with Crippen LogP contribution in [0.25, 0.3) is 0 Å². The lowest BCUT2D eigenvalue weighted by molar-refractivity contribution is 0.349. The van der Waals surface area contributed by atoms with Gasteiger partial charge in [-0.15, -0.1) is 10.2 Å². The predicted octanol–water partition coefficient (Wildman–Crippen LogP) is 3.03. The average Bonchev–Trinajstić information content (AvgIpc) is 3.02. The summed E-state index contributed by atoms with van der Waals surface area (Å²) in [6.07, 6.45) is 3.65. The van der Waals surface area contributed by atoms with E-state index in [-0.39, 0.29) is 5.92 Å². The Morgan fingerprint density at radius 1 is 1.04 bits per heavy atom. The molecule has 1 aromatic heterocycles. The van der Waals surface area contributed by atoms with E-state index >= 15 is 0 Å². The zero-order chi connectivity index (χ0) is 17.7. The third-order valence-electron chi connectivity index (χ3n) is 3.38. The molecule has 7 nitrogen and oxygen atoms in total. The summed E-state index contributed by atoms with van der Waals surface area (Å²) in [6.45, 7) is 4.11. The Morgan fingerprint density at radius 2 is 1.67 bits per heavy atom. The largest absolute Gasteiger partial charge is 0.496 e. The minimum Gasteiger partial charge on any atom is -0.496 e. The number of methoxy groups -OCH3 is 3. The Balaban J connectivity index is 2.47. The molecule has 0 aliphatic rings. The highest BCUT2D eigenvalue weighted by atomic mass is 32.2. The number of nitrogens with zero attached hydrogens (tertiary/aromatic N) is 4. The molecule has 0 spiro atoms. The standard InChI is InChI=1S/C16H22N4O3S/c1-10(2)15-18-19-16(24-6)20(15)17-9-11-7-13(22-4)14(23-5)8-12(11)21-3/h7-10H,1-6H3/b17-9-. The second-order valence-electron chi connectivity index (χ2n) is 5.21. The van der Waals surface area contributed by atoms with Gasteiger partial charge in [0.15, 0.2) is 17.3 Å². The number of hydrogen-bond donors (Lipinski definition) is 0. The van der Waals surface area contributed by atoms with Crippen LogP contribution in [-0.2, 0) is 0 Å². The Bertz CT molecular complexity index is 728. The lowest BCUT2D eigenvalue weighted by Gasteiger charge is -2.12. The average molecular weight is 350 g/mol. The van der Waals surface area contributed by atoms with Gasteiger partial charge in [-0.25, -0.2) is 0 Å². The molecular formula is C16H22N4O3S. The molecule has 0 N–H and O–H groups in total. The fourth-order valence-electron chi connectivity index (χ4n) is 2.15. The maximum atomic E-state index is 5.42. The number of benzene rings is 1. The van der Waals surface area contributed by atoms with E-state index < -0.39 is 0 Å². The molecule has 0 saturated heterocycles. The molecule has 0 radical (unpaired) electrons. The summed E-state index contributed by atoms with van der Waals surface area (Å²) in [5, 5.41) is 13.6. The predicted molar refractivity (Wildman–Crippen MR) is 95.0 cm³/mol. The third-order valence-corrected chi connectivity index (χ3v) is 4.00. The highest BCUT2D eigenvalue weighted by molar-refractivity contribution is 7.98. The number of hydrogen-bond acceptors (Lipinski definition) is 7. The van der Waals surface area contributed by atoms with E-state index in [4.69, 9.17) is 14.2 Å². The van der Waals surface area contributed by atoms with Gasteiger partial charge in [-0.1, -0.05) is 25.6 Å². The van der Waals surface area contributed by atoms with Crippen molar-refractivity contribution >= 4 is 18.0 Å². The monoisotopic (exact) mass is 350 g/mol. The van der Waals surface area contributed by atoms with Gasteiger partial charge in [0, 0.05) is 17.5 Å². The summed E-state index contributed by atoms with van der Waals surface area (Å²) < 4.78 is 17.8. The Morgan fingerprint density at radius 3 is 2.21 bits per heavy atom. The maximum absolute atomic E-state index is 5.42. The highest BCUT2D eigenvalue weighted by Gasteiger charge is 2.15. The first kappa shape index (κ1) is 18.1. The van der Waals surface area contributed by atoms with Gasteiger partial charge in [0.1, 0.15) is 5.75 Å². The number of aromatic nitrogens is 3. The second kappa shape index (κ2) is 8.05. The van der Waals surface area contributed by atoms with Crippen LogP contribution in [0.1, 0.15) is 31.2 Å². The van der Waals surface area contributed by atoms with Crippen LogP contribution >= 0.6 is 11.8 Å². The smallest absolute Gasteiger partial charge is 0.211 e. The van der Waals surface area contributed by atoms with Crippen LogP contribution in [0.5, 0.6) is 17.2 Å². The fourth-order valence-corrected chi connectivity index (χ4v) is 2.58. The van der Waals surface area contributed by atoms with E-state index in [1.807, 2.05) is 12.3 Å². The zero-order valence-corrected chi connectivity index (χ0v) is 15.5. The lowest BCUT2D eigenvalue weighted by atomic mass is 10.2. The molecule has 1 aromatic carbocycles. The molecule has 0 atom stereocenters. The molecule has 0 fully saturated rings. The van der Waals surface area contributed by atoms with Crippen molar-refractivity contribution in [2.45, 2.75) is 24.9 Å². The van der Waals surface area contributed by atoms with E-state index in [1.54, 1.807) is 38.3 Å². The molecule has 0 saturated carbocycles. The maximum Gasteiger partial charge on any atom is 0.211 e. The van der Waals surface area contributed by atoms with Crippen molar-refractivity contribution in [1.82, 2.24) is 14.9 Å². The molecule has 0 aliphatic carbocycles. The SMILES string of the molecule is COc1cc(OC)c(OC)cc1/C=N\n1c(SC)nnc1C(C)C. The Labute approximate surface area is 146 Å². The molecule has 130 valence electrons. The van der Waals surface area contributed by atoms with Gasteiger partial charge in [-0.05, 0) is 12.3 Å². The minimum absolute atomic E-state index is 0.211. The van der Waals surface area contributed by atoms with Crippen molar-refractivity contribution in [2.75, 3.05) is 27.6 Å². The summed E-state index contributed by atoms with van der Waals surface area (Å²) in [5.74, 6) is 2.86. The summed E-state index contributed by atoms with van der Waals surface area (Å²) in [6, 6.07) is 3.59. The first-order valence-electron chi connectivity index (χ1n) is 7.39. The molecule has 2 aromatic rings. The third kappa shape index (κ3) is 3.64. The Hall–Kier alpha value is -2.22. The van der Waals surface area contributed by atoms with E-state index in [1.165, 1.54) is 11.8 Å². The van der Waals surface area contributed by atoms with Crippen molar-refractivity contribution in [1.29, 1.82) is 0 Å². The van der Waals surface area contributed by atoms with Crippen LogP contribution in [0.4, 0.5) is 0 Å². The Kier molecular flexibility index (Phi) is 6.08. The summed E-state index contributed by atoms with van der Waals surface area (Å²) in [4.78, 5) is 0. The van der Waals surface area contributed by atoms with Gasteiger partial charge in [0.05, 0.1) is 27.5 Å². The molecule has 0 unspecified atom stereocenters. The van der Waals surface area contributed by atoms with Crippen molar-refractivity contribution in [3.63, 3.8) is 0 Å². The highest BCUT2D eigenvalue weighted by Crippen LogP contribution is 2.33. The van der Waals surface area contributed by atoms with Gasteiger partial charge >= 0.3 is 0 Å². The molecule has 2 rings (SSSR count). The molecule has 24 heavy (non-hydrogen) atoms. The van der Waals surface area contributed by atoms with Crippen LogP contribution in [0.2, 0.25) is 0 Å². The van der Waals surface area contributed by atoms with E-state index in [2.05, 4.69) is 29.1 Å². The minimum atomic E-state index is 0.211. The lowest BCUT2D eigenvalue weighted by Crippen LogP contribution is -2.03. The van der Waals surface area contributed by atoms with E-state index in [9.17, 15) is 0 Å². The summed E-state index contributed by atoms with van der Waals surface area (Å²) in [7, 11) is 4.78. The molecule has 1 heterocycles. The molecule has 0 bridgehead atoms. The quantitative estimate of drug-likeness (QED) is 0.565. The van der Waals surface area contributed by atoms with Gasteiger partial charge in [0.25, 0.3) is 0 Å². The zero-order valence-electron chi connectivity index (χ0n) is 14.7. The topological polar surface area (TPSA) is 70.8 Å². The van der Waals surface area contributed by atoms with Crippen molar-refractivity contribution in [2.24, 2.45) is 5.10 Å². The van der Waals surface area contributed by atoms with E-state index in [0.29, 0.717) is 17.2 Å². The summed E-state index contributed by atoms with van der Waals surface area (Å²) >= 11 is 1.49. The van der Waals surface area contributed by atoms with Crippen LogP contribution in [0.15, 0.2) is 22.4 Å². The second-order valence-corrected chi connectivity index (χ2v) is 5.98. The first-order valence-corrected chi connectivity index (χ1v) is 8.61.